The standard InChI is InChI=1S/C19H19F2N5O2S/c1-11-3-2-6-25(8-11)19-24-17-16(29-19)18(28)26(10-22-17)9-15(27)23-14-5-4-12(20)7-13(14)21/h4-5,7,10-11H,2-3,6,8-9H2,1H3,(H,23,27). The summed E-state index contributed by atoms with van der Waals surface area (Å²) in [6.07, 6.45) is 3.51. The molecule has 1 aliphatic heterocycles. The second kappa shape index (κ2) is 7.86. The van der Waals surface area contributed by atoms with E-state index in [0.717, 1.165) is 41.3 Å². The summed E-state index contributed by atoms with van der Waals surface area (Å²) in [6, 6.07) is 2.84. The third-order valence-corrected chi connectivity index (χ3v) is 5.91. The van der Waals surface area contributed by atoms with Crippen LogP contribution >= 0.6 is 11.3 Å². The van der Waals surface area contributed by atoms with Crippen molar-refractivity contribution in [3.8, 4) is 0 Å². The lowest BCUT2D eigenvalue weighted by Gasteiger charge is -2.30. The first kappa shape index (κ1) is 19.4. The number of nitrogens with one attached hydrogen (secondary N) is 1. The van der Waals surface area contributed by atoms with Gasteiger partial charge in [0, 0.05) is 19.2 Å². The fraction of sp³-hybridized carbons (Fsp3) is 0.368. The molecule has 1 aromatic carbocycles. The van der Waals surface area contributed by atoms with Crippen LogP contribution in [0.25, 0.3) is 10.3 Å². The third kappa shape index (κ3) is 4.12. The highest BCUT2D eigenvalue weighted by Crippen LogP contribution is 2.29. The van der Waals surface area contributed by atoms with Gasteiger partial charge in [-0.2, -0.15) is 4.98 Å². The molecule has 1 atom stereocenters. The number of aromatic nitrogens is 3. The maximum atomic E-state index is 13.7. The highest BCUT2D eigenvalue weighted by atomic mass is 32.1. The van der Waals surface area contributed by atoms with Crippen LogP contribution < -0.4 is 15.8 Å². The summed E-state index contributed by atoms with van der Waals surface area (Å²) in [5.74, 6) is -1.68. The van der Waals surface area contributed by atoms with Gasteiger partial charge < -0.3 is 10.2 Å². The van der Waals surface area contributed by atoms with Crippen molar-refractivity contribution in [2.45, 2.75) is 26.3 Å². The molecule has 0 aliphatic carbocycles. The maximum Gasteiger partial charge on any atom is 0.273 e. The molecule has 0 saturated carbocycles. The van der Waals surface area contributed by atoms with Gasteiger partial charge in [0.2, 0.25) is 5.91 Å². The van der Waals surface area contributed by atoms with Crippen molar-refractivity contribution in [1.29, 1.82) is 0 Å². The van der Waals surface area contributed by atoms with E-state index in [0.29, 0.717) is 22.3 Å². The Morgan fingerprint density at radius 1 is 1.38 bits per heavy atom. The first-order valence-corrected chi connectivity index (χ1v) is 10.1. The van der Waals surface area contributed by atoms with Crippen molar-refractivity contribution in [2.75, 3.05) is 23.3 Å². The molecule has 29 heavy (non-hydrogen) atoms. The quantitative estimate of drug-likeness (QED) is 0.703. The normalized spacial score (nSPS) is 16.9. The first-order chi connectivity index (χ1) is 13.9. The van der Waals surface area contributed by atoms with Crippen molar-refractivity contribution >= 4 is 38.4 Å². The highest BCUT2D eigenvalue weighted by molar-refractivity contribution is 7.22. The van der Waals surface area contributed by atoms with Gasteiger partial charge in [-0.05, 0) is 30.9 Å². The number of carbonyl (C=O) groups is 1. The molecule has 1 saturated heterocycles. The molecule has 152 valence electrons. The molecular formula is C19H19F2N5O2S. The van der Waals surface area contributed by atoms with E-state index < -0.39 is 17.5 Å². The van der Waals surface area contributed by atoms with E-state index in [1.807, 2.05) is 0 Å². The Morgan fingerprint density at radius 3 is 2.97 bits per heavy atom. The van der Waals surface area contributed by atoms with E-state index >= 15 is 0 Å². The van der Waals surface area contributed by atoms with Gasteiger partial charge in [0.05, 0.1) is 5.69 Å². The van der Waals surface area contributed by atoms with Crippen LogP contribution in [0.15, 0.2) is 29.3 Å². The summed E-state index contributed by atoms with van der Waals surface area (Å²) < 4.78 is 28.2. The molecule has 0 radical (unpaired) electrons. The predicted molar refractivity (Wildman–Crippen MR) is 107 cm³/mol. The lowest BCUT2D eigenvalue weighted by Crippen LogP contribution is -2.34. The van der Waals surface area contributed by atoms with E-state index in [1.54, 1.807) is 0 Å². The number of benzene rings is 1. The van der Waals surface area contributed by atoms with Crippen LogP contribution in [0, 0.1) is 17.6 Å². The summed E-state index contributed by atoms with van der Waals surface area (Å²) >= 11 is 1.27. The number of piperidine rings is 1. The molecule has 1 aliphatic rings. The van der Waals surface area contributed by atoms with Gasteiger partial charge in [-0.1, -0.05) is 18.3 Å². The molecule has 10 heteroatoms. The van der Waals surface area contributed by atoms with E-state index in [2.05, 4.69) is 27.1 Å². The number of nitrogens with zero attached hydrogens (tertiary/aromatic N) is 4. The van der Waals surface area contributed by atoms with Gasteiger partial charge in [0.15, 0.2) is 10.8 Å². The maximum absolute atomic E-state index is 13.7. The zero-order chi connectivity index (χ0) is 20.5. The molecule has 1 fully saturated rings. The molecule has 2 aromatic heterocycles. The smallest absolute Gasteiger partial charge is 0.273 e. The van der Waals surface area contributed by atoms with Crippen LogP contribution in [0.5, 0.6) is 0 Å². The van der Waals surface area contributed by atoms with Crippen LogP contribution in [-0.2, 0) is 11.3 Å². The average Bonchev–Trinajstić information content (AvgIpc) is 3.12. The van der Waals surface area contributed by atoms with Gasteiger partial charge in [-0.25, -0.2) is 13.8 Å². The summed E-state index contributed by atoms with van der Waals surface area (Å²) in [7, 11) is 0. The molecule has 1 unspecified atom stereocenters. The zero-order valence-electron chi connectivity index (χ0n) is 15.7. The Kier molecular flexibility index (Phi) is 5.27. The summed E-state index contributed by atoms with van der Waals surface area (Å²) in [5, 5.41) is 3.09. The third-order valence-electron chi connectivity index (χ3n) is 4.82. The van der Waals surface area contributed by atoms with Gasteiger partial charge in [-0.3, -0.25) is 14.2 Å². The van der Waals surface area contributed by atoms with E-state index in [9.17, 15) is 18.4 Å². The minimum Gasteiger partial charge on any atom is -0.348 e. The molecule has 7 nitrogen and oxygen atoms in total. The zero-order valence-corrected chi connectivity index (χ0v) is 16.5. The molecule has 1 N–H and O–H groups in total. The molecular weight excluding hydrogens is 400 g/mol. The second-order valence-electron chi connectivity index (χ2n) is 7.19. The SMILES string of the molecule is CC1CCCN(c2nc3ncn(CC(=O)Nc4ccc(F)cc4F)c(=O)c3s2)C1. The van der Waals surface area contributed by atoms with Crippen molar-refractivity contribution < 1.29 is 13.6 Å². The predicted octanol–water partition coefficient (Wildman–Crippen LogP) is 3.01. The number of halogens is 2. The summed E-state index contributed by atoms with van der Waals surface area (Å²) in [6.45, 7) is 3.63. The molecule has 3 aromatic rings. The van der Waals surface area contributed by atoms with Crippen LogP contribution in [0.2, 0.25) is 0 Å². The van der Waals surface area contributed by atoms with Crippen LogP contribution in [-0.4, -0.2) is 33.5 Å². The molecule has 4 rings (SSSR count). The number of amides is 1. The number of rotatable bonds is 4. The Balaban J connectivity index is 1.54. The number of hydrogen-bond acceptors (Lipinski definition) is 6. The fourth-order valence-corrected chi connectivity index (χ4v) is 4.39. The second-order valence-corrected chi connectivity index (χ2v) is 8.17. The monoisotopic (exact) mass is 419 g/mol. The minimum atomic E-state index is -0.887. The van der Waals surface area contributed by atoms with Crippen LogP contribution in [0.4, 0.5) is 19.6 Å². The van der Waals surface area contributed by atoms with E-state index in [1.165, 1.54) is 24.1 Å². The summed E-state index contributed by atoms with van der Waals surface area (Å²) in [4.78, 5) is 35.8. The fourth-order valence-electron chi connectivity index (χ4n) is 3.38. The minimum absolute atomic E-state index is 0.155. The Labute approximate surface area is 169 Å². The van der Waals surface area contributed by atoms with E-state index in [4.69, 9.17) is 0 Å². The summed E-state index contributed by atoms with van der Waals surface area (Å²) in [5.41, 5.74) is -0.175. The van der Waals surface area contributed by atoms with Crippen molar-refractivity contribution in [3.05, 3.63) is 46.5 Å². The van der Waals surface area contributed by atoms with Crippen LogP contribution in [0.3, 0.4) is 0 Å². The molecule has 1 amide bonds. The Hall–Kier alpha value is -2.88. The van der Waals surface area contributed by atoms with Gasteiger partial charge in [0.25, 0.3) is 5.56 Å². The van der Waals surface area contributed by atoms with Gasteiger partial charge in [-0.15, -0.1) is 0 Å². The number of fused-ring (bicyclic) bond motifs is 1. The molecule has 3 heterocycles. The van der Waals surface area contributed by atoms with Crippen LogP contribution in [0.1, 0.15) is 19.8 Å². The number of thiazole rings is 1. The lowest BCUT2D eigenvalue weighted by molar-refractivity contribution is -0.116. The van der Waals surface area contributed by atoms with Crippen molar-refractivity contribution in [2.24, 2.45) is 5.92 Å². The van der Waals surface area contributed by atoms with Crippen molar-refractivity contribution in [3.63, 3.8) is 0 Å². The number of hydrogen-bond donors (Lipinski definition) is 1. The van der Waals surface area contributed by atoms with Gasteiger partial charge >= 0.3 is 0 Å². The largest absolute Gasteiger partial charge is 0.348 e. The lowest BCUT2D eigenvalue weighted by atomic mass is 10.0. The number of carbonyl (C=O) groups excluding carboxylic acids is 1. The molecule has 0 spiro atoms. The average molecular weight is 419 g/mol. The van der Waals surface area contributed by atoms with Gasteiger partial charge in [0.1, 0.15) is 29.2 Å². The first-order valence-electron chi connectivity index (χ1n) is 9.26. The topological polar surface area (TPSA) is 80.1 Å². The molecule has 0 bridgehead atoms. The Bertz CT molecular complexity index is 1130. The highest BCUT2D eigenvalue weighted by Gasteiger charge is 2.21. The number of anilines is 2. The van der Waals surface area contributed by atoms with Crippen molar-refractivity contribution in [1.82, 2.24) is 14.5 Å². The van der Waals surface area contributed by atoms with E-state index in [-0.39, 0.29) is 17.8 Å². The Morgan fingerprint density at radius 2 is 2.21 bits per heavy atom.